The van der Waals surface area contributed by atoms with Gasteiger partial charge in [-0.15, -0.1) is 4.98 Å². The third kappa shape index (κ3) is 2.41. The molecule has 27 heavy (non-hydrogen) atoms. The molecule has 0 amide bonds. The molecule has 0 saturated heterocycles. The highest BCUT2D eigenvalue weighted by Gasteiger charge is 2.46. The van der Waals surface area contributed by atoms with Crippen molar-refractivity contribution in [2.24, 2.45) is 0 Å². The van der Waals surface area contributed by atoms with E-state index >= 15 is 0 Å². The van der Waals surface area contributed by atoms with Gasteiger partial charge >= 0.3 is 5.95 Å². The number of hydrogen-bond donors (Lipinski definition) is 0. The van der Waals surface area contributed by atoms with Gasteiger partial charge in [0.05, 0.1) is 0 Å². The first-order valence-electron chi connectivity index (χ1n) is 9.98. The van der Waals surface area contributed by atoms with Crippen molar-refractivity contribution in [1.82, 2.24) is 9.55 Å². The molecule has 2 heterocycles. The Morgan fingerprint density at radius 1 is 1.00 bits per heavy atom. The summed E-state index contributed by atoms with van der Waals surface area (Å²) in [4.78, 5) is 5.01. The zero-order valence-corrected chi connectivity index (χ0v) is 16.1. The maximum absolute atomic E-state index is 5.01. The van der Waals surface area contributed by atoms with Crippen LogP contribution < -0.4 is 0 Å². The van der Waals surface area contributed by atoms with Crippen LogP contribution in [0, 0.1) is 6.20 Å². The van der Waals surface area contributed by atoms with Gasteiger partial charge in [0.2, 0.25) is 0 Å². The molecule has 3 heteroatoms. The van der Waals surface area contributed by atoms with Crippen molar-refractivity contribution in [3.05, 3.63) is 66.4 Å². The Labute approximate surface area is 160 Å². The minimum atomic E-state index is 0.0493. The molecule has 2 aromatic carbocycles. The minimum absolute atomic E-state index is 0.0493. The molecule has 1 saturated carbocycles. The van der Waals surface area contributed by atoms with Crippen molar-refractivity contribution in [2.75, 3.05) is 0 Å². The second-order valence-electron chi connectivity index (χ2n) is 7.85. The van der Waals surface area contributed by atoms with Gasteiger partial charge in [0.25, 0.3) is 0 Å². The number of imidazole rings is 1. The van der Waals surface area contributed by atoms with E-state index in [4.69, 9.17) is 4.98 Å². The van der Waals surface area contributed by atoms with Crippen LogP contribution >= 0.6 is 0 Å². The molecular weight excluding hydrogens is 330 g/mol. The van der Waals surface area contributed by atoms with Crippen molar-refractivity contribution in [3.63, 3.8) is 0 Å². The van der Waals surface area contributed by atoms with E-state index in [0.717, 1.165) is 17.0 Å². The third-order valence-electron chi connectivity index (χ3n) is 6.35. The molecule has 1 aliphatic carbocycles. The Bertz CT molecular complexity index is 1060. The van der Waals surface area contributed by atoms with E-state index in [2.05, 4.69) is 83.8 Å². The predicted octanol–water partition coefficient (Wildman–Crippen LogP) is 5.68. The van der Waals surface area contributed by atoms with Gasteiger partial charge in [-0.05, 0) is 31.9 Å². The molecular formula is C24H25N3. The number of aromatic nitrogens is 2. The smallest absolute Gasteiger partial charge is 0.322 e. The molecule has 2 aliphatic rings. The number of benzene rings is 2. The lowest BCUT2D eigenvalue weighted by Gasteiger charge is -2.35. The van der Waals surface area contributed by atoms with Crippen molar-refractivity contribution in [1.29, 1.82) is 0 Å². The van der Waals surface area contributed by atoms with E-state index in [9.17, 15) is 0 Å². The SMILES string of the molecule is CC(=[C-][N+]1=C(C)C2(CCCCC2)n2c1nc1ccccc12)c1ccccc1. The lowest BCUT2D eigenvalue weighted by molar-refractivity contribution is -0.382. The summed E-state index contributed by atoms with van der Waals surface area (Å²) in [5.74, 6) is 1.02. The maximum atomic E-state index is 5.01. The van der Waals surface area contributed by atoms with Gasteiger partial charge in [-0.1, -0.05) is 79.8 Å². The van der Waals surface area contributed by atoms with Gasteiger partial charge in [-0.25, -0.2) is 0 Å². The molecule has 136 valence electrons. The van der Waals surface area contributed by atoms with Crippen LogP contribution in [0.3, 0.4) is 0 Å². The predicted molar refractivity (Wildman–Crippen MR) is 110 cm³/mol. The largest absolute Gasteiger partial charge is 0.324 e. The molecule has 1 aromatic heterocycles. The average molecular weight is 355 g/mol. The molecule has 3 nitrogen and oxygen atoms in total. The van der Waals surface area contributed by atoms with Crippen LogP contribution in [0.2, 0.25) is 0 Å². The molecule has 0 unspecified atom stereocenters. The fourth-order valence-electron chi connectivity index (χ4n) is 4.88. The topological polar surface area (TPSA) is 20.8 Å². The third-order valence-corrected chi connectivity index (χ3v) is 6.35. The van der Waals surface area contributed by atoms with Crippen LogP contribution in [0.1, 0.15) is 51.5 Å². The zero-order valence-electron chi connectivity index (χ0n) is 16.1. The lowest BCUT2D eigenvalue weighted by Crippen LogP contribution is -2.40. The molecule has 1 fully saturated rings. The maximum Gasteiger partial charge on any atom is 0.322 e. The van der Waals surface area contributed by atoms with Gasteiger partial charge in [0, 0.05) is 11.9 Å². The van der Waals surface area contributed by atoms with Crippen LogP contribution in [-0.2, 0) is 5.54 Å². The van der Waals surface area contributed by atoms with Gasteiger partial charge in [-0.2, -0.15) is 0 Å². The van der Waals surface area contributed by atoms with Crippen molar-refractivity contribution >= 4 is 28.3 Å². The first-order valence-corrected chi connectivity index (χ1v) is 9.98. The summed E-state index contributed by atoms with van der Waals surface area (Å²) >= 11 is 0. The molecule has 0 radical (unpaired) electrons. The summed E-state index contributed by atoms with van der Waals surface area (Å²) < 4.78 is 4.73. The van der Waals surface area contributed by atoms with E-state index in [1.165, 1.54) is 48.9 Å². The average Bonchev–Trinajstić information content (AvgIpc) is 3.20. The number of hydrogen-bond acceptors (Lipinski definition) is 1. The molecule has 3 aromatic rings. The van der Waals surface area contributed by atoms with Crippen molar-refractivity contribution in [2.45, 2.75) is 51.5 Å². The zero-order chi connectivity index (χ0) is 18.4. The summed E-state index contributed by atoms with van der Waals surface area (Å²) in [5.41, 5.74) is 6.09. The fourth-order valence-corrected chi connectivity index (χ4v) is 4.88. The first-order chi connectivity index (χ1) is 13.2. The second-order valence-corrected chi connectivity index (χ2v) is 7.85. The Hall–Kier alpha value is -2.68. The number of para-hydroxylation sites is 2. The van der Waals surface area contributed by atoms with Gasteiger partial charge in [0.15, 0.2) is 5.52 Å². The highest BCUT2D eigenvalue weighted by atomic mass is 15.3. The molecule has 0 bridgehead atoms. The number of fused-ring (bicyclic) bond motifs is 4. The Morgan fingerprint density at radius 3 is 2.48 bits per heavy atom. The molecule has 0 atom stereocenters. The summed E-state index contributed by atoms with van der Waals surface area (Å²) in [5, 5.41) is 0. The van der Waals surface area contributed by atoms with E-state index in [0.29, 0.717) is 0 Å². The van der Waals surface area contributed by atoms with E-state index in [-0.39, 0.29) is 5.54 Å². The summed E-state index contributed by atoms with van der Waals surface area (Å²) in [6, 6.07) is 19.1. The molecule has 1 spiro atoms. The molecule has 0 N–H and O–H groups in total. The first kappa shape index (κ1) is 16.5. The highest BCUT2D eigenvalue weighted by Crippen LogP contribution is 2.45. The van der Waals surface area contributed by atoms with E-state index in [1.807, 2.05) is 0 Å². The normalized spacial score (nSPS) is 19.1. The molecule has 5 rings (SSSR count). The highest BCUT2D eigenvalue weighted by molar-refractivity contribution is 5.92. The van der Waals surface area contributed by atoms with Crippen LogP contribution in [0.15, 0.2) is 54.6 Å². The van der Waals surface area contributed by atoms with Crippen molar-refractivity contribution < 1.29 is 4.58 Å². The van der Waals surface area contributed by atoms with Gasteiger partial charge < -0.3 is 4.58 Å². The molecule has 1 aliphatic heterocycles. The Kier molecular flexibility index (Phi) is 3.78. The van der Waals surface area contributed by atoms with Crippen LogP contribution in [-0.4, -0.2) is 19.8 Å². The van der Waals surface area contributed by atoms with Gasteiger partial charge in [0.1, 0.15) is 11.1 Å². The van der Waals surface area contributed by atoms with E-state index < -0.39 is 0 Å². The quantitative estimate of drug-likeness (QED) is 0.428. The number of allylic oxidation sites excluding steroid dienone is 1. The minimum Gasteiger partial charge on any atom is -0.324 e. The standard InChI is InChI=1S/C24H25N3/c1-18(20-11-5-3-6-12-20)17-26-19(2)24(15-9-4-10-16-24)27-22-14-8-7-13-21(22)25-23(26)27/h3,5-8,11-14H,4,9-10,15-16H2,1-2H3. The van der Waals surface area contributed by atoms with Gasteiger partial charge in [-0.3, -0.25) is 4.57 Å². The van der Waals surface area contributed by atoms with Crippen LogP contribution in [0.4, 0.5) is 5.95 Å². The summed E-state index contributed by atoms with van der Waals surface area (Å²) in [6.45, 7) is 4.42. The monoisotopic (exact) mass is 355 g/mol. The fraction of sp³-hybridized carbons (Fsp3) is 0.333. The number of rotatable bonds is 2. The Balaban J connectivity index is 1.74. The number of nitrogens with zero attached hydrogens (tertiary/aromatic N) is 3. The second kappa shape index (κ2) is 6.19. The Morgan fingerprint density at radius 2 is 1.70 bits per heavy atom. The van der Waals surface area contributed by atoms with Crippen LogP contribution in [0.25, 0.3) is 16.6 Å². The summed E-state index contributed by atoms with van der Waals surface area (Å²) in [6.07, 6.45) is 9.93. The van der Waals surface area contributed by atoms with E-state index in [1.54, 1.807) is 0 Å². The van der Waals surface area contributed by atoms with Crippen LogP contribution in [0.5, 0.6) is 0 Å². The summed E-state index contributed by atoms with van der Waals surface area (Å²) in [7, 11) is 0. The van der Waals surface area contributed by atoms with Crippen molar-refractivity contribution in [3.8, 4) is 0 Å². The lowest BCUT2D eigenvalue weighted by atomic mass is 9.78.